The summed E-state index contributed by atoms with van der Waals surface area (Å²) in [6, 6.07) is 17.3. The van der Waals surface area contributed by atoms with Crippen LogP contribution in [0.3, 0.4) is 0 Å². The van der Waals surface area contributed by atoms with Crippen LogP contribution >= 0.6 is 0 Å². The number of aryl methyl sites for hydroxylation is 2. The number of benzene rings is 4. The Morgan fingerprint density at radius 2 is 1.40 bits per heavy atom. The van der Waals surface area contributed by atoms with Gasteiger partial charge in [0.25, 0.3) is 17.5 Å². The largest absolute Gasteiger partial charge is 0.399 e. The number of carbonyl (C=O) groups is 2. The number of nitrogen functional groups attached to an aromatic ring is 1. The average molecular weight is 734 g/mol. The number of fused-ring (bicyclic) bond motifs is 1. The van der Waals surface area contributed by atoms with Gasteiger partial charge in [0.1, 0.15) is 17.9 Å². The Labute approximate surface area is 300 Å². The van der Waals surface area contributed by atoms with Crippen LogP contribution < -0.4 is 10.6 Å². The lowest BCUT2D eigenvalue weighted by molar-refractivity contribution is -0.385. The third-order valence-corrected chi connectivity index (χ3v) is 7.76. The Kier molecular flexibility index (Phi) is 16.7. The minimum Gasteiger partial charge on any atom is -0.399 e. The van der Waals surface area contributed by atoms with Gasteiger partial charge in [-0.25, -0.2) is 26.3 Å². The van der Waals surface area contributed by atoms with Crippen LogP contribution in [0, 0.1) is 35.6 Å². The number of amides is 1. The van der Waals surface area contributed by atoms with Gasteiger partial charge in [-0.05, 0) is 78.9 Å². The summed E-state index contributed by atoms with van der Waals surface area (Å²) in [6.07, 6.45) is 0.590. The Bertz CT molecular complexity index is 1840. The lowest BCUT2D eigenvalue weighted by atomic mass is 10.0. The van der Waals surface area contributed by atoms with Crippen LogP contribution in [0.15, 0.2) is 72.8 Å². The van der Waals surface area contributed by atoms with Crippen molar-refractivity contribution in [3.8, 4) is 0 Å². The third-order valence-electron chi connectivity index (χ3n) is 7.76. The molecular formula is C39H45F6N3O4. The Balaban J connectivity index is 0.000000411. The summed E-state index contributed by atoms with van der Waals surface area (Å²) >= 11 is 0. The molecule has 52 heavy (non-hydrogen) atoms. The first-order valence-electron chi connectivity index (χ1n) is 16.0. The summed E-state index contributed by atoms with van der Waals surface area (Å²) in [5, 5.41) is 10.4. The van der Waals surface area contributed by atoms with E-state index in [1.165, 1.54) is 35.2 Å². The standard InChI is InChI=1S/C19H18F3NO.C9H11F2N.C8H6FNO3.C2H6.CH4/c1-12-6-7-14(11-16(12)19(2,21)22)23-9-8-15-13(10-18(23)24)4-3-5-17(15)20;1-6-3-4-7(12)5-8(6)9(2,10)11;9-7-2-1-3-8(10(12)13)6(7)4-5-11;1-2;/h3-7,11H,8-10H2,1-2H3;3-5H,12H2,1-2H3;1-3,5H,4H2;1-2H3;1H4. The number of rotatable bonds is 6. The lowest BCUT2D eigenvalue weighted by Gasteiger charge is -2.23. The van der Waals surface area contributed by atoms with Crippen molar-refractivity contribution in [1.82, 2.24) is 0 Å². The number of nitro benzene ring substituents is 1. The molecule has 0 fully saturated rings. The Hall–Kier alpha value is -5.20. The van der Waals surface area contributed by atoms with Gasteiger partial charge in [-0.3, -0.25) is 14.9 Å². The van der Waals surface area contributed by atoms with Crippen molar-refractivity contribution in [2.75, 3.05) is 17.2 Å². The number of hydrogen-bond acceptors (Lipinski definition) is 5. The highest BCUT2D eigenvalue weighted by atomic mass is 19.3. The normalized spacial score (nSPS) is 12.2. The number of nitrogens with zero attached hydrogens (tertiary/aromatic N) is 2. The smallest absolute Gasteiger partial charge is 0.275 e. The zero-order chi connectivity index (χ0) is 38.7. The highest BCUT2D eigenvalue weighted by Gasteiger charge is 2.29. The molecule has 1 aliphatic rings. The zero-order valence-corrected chi connectivity index (χ0v) is 29.2. The highest BCUT2D eigenvalue weighted by molar-refractivity contribution is 5.95. The lowest BCUT2D eigenvalue weighted by Crippen LogP contribution is -2.32. The number of hydrogen-bond donors (Lipinski definition) is 1. The van der Waals surface area contributed by atoms with E-state index in [0.717, 1.165) is 19.9 Å². The maximum absolute atomic E-state index is 14.0. The molecule has 0 unspecified atom stereocenters. The van der Waals surface area contributed by atoms with E-state index in [1.807, 2.05) is 13.8 Å². The summed E-state index contributed by atoms with van der Waals surface area (Å²) in [6.45, 7) is 9.24. The molecule has 2 N–H and O–H groups in total. The van der Waals surface area contributed by atoms with Crippen LogP contribution in [0.5, 0.6) is 0 Å². The predicted octanol–water partition coefficient (Wildman–Crippen LogP) is 10.2. The summed E-state index contributed by atoms with van der Waals surface area (Å²) in [4.78, 5) is 33.8. The second kappa shape index (κ2) is 19.4. The van der Waals surface area contributed by atoms with E-state index in [4.69, 9.17) is 5.73 Å². The number of aldehydes is 1. The first kappa shape index (κ1) is 44.8. The first-order valence-corrected chi connectivity index (χ1v) is 16.0. The Morgan fingerprint density at radius 3 is 1.94 bits per heavy atom. The highest BCUT2D eigenvalue weighted by Crippen LogP contribution is 2.34. The van der Waals surface area contributed by atoms with E-state index in [2.05, 4.69) is 0 Å². The van der Waals surface area contributed by atoms with Gasteiger partial charge in [0.05, 0.1) is 16.9 Å². The van der Waals surface area contributed by atoms with Crippen molar-refractivity contribution < 1.29 is 40.9 Å². The van der Waals surface area contributed by atoms with Crippen LogP contribution in [0.25, 0.3) is 0 Å². The number of nitro groups is 1. The van der Waals surface area contributed by atoms with Gasteiger partial charge in [0.15, 0.2) is 0 Å². The van der Waals surface area contributed by atoms with E-state index in [9.17, 15) is 46.0 Å². The molecule has 4 aromatic rings. The van der Waals surface area contributed by atoms with E-state index < -0.39 is 22.6 Å². The van der Waals surface area contributed by atoms with Crippen LogP contribution in [-0.2, 0) is 40.7 Å². The SMILES string of the molecule is C.CC.Cc1ccc(N)cc1C(C)(F)F.Cc1ccc(N2CCc3c(F)cccc3CC2=O)cc1C(C)(F)F.O=CCc1c(F)cccc1[N+](=O)[O-]. The second-order valence-corrected chi connectivity index (χ2v) is 11.6. The Morgan fingerprint density at radius 1 is 0.865 bits per heavy atom. The molecule has 0 saturated heterocycles. The van der Waals surface area contributed by atoms with Crippen molar-refractivity contribution in [1.29, 1.82) is 0 Å². The molecule has 0 saturated carbocycles. The van der Waals surface area contributed by atoms with Gasteiger partial charge >= 0.3 is 0 Å². The fourth-order valence-electron chi connectivity index (χ4n) is 5.30. The van der Waals surface area contributed by atoms with Crippen molar-refractivity contribution >= 4 is 29.3 Å². The molecule has 5 rings (SSSR count). The molecule has 1 heterocycles. The van der Waals surface area contributed by atoms with Crippen LogP contribution in [0.4, 0.5) is 43.4 Å². The molecule has 4 aromatic carbocycles. The van der Waals surface area contributed by atoms with Gasteiger partial charge in [0.2, 0.25) is 5.91 Å². The summed E-state index contributed by atoms with van der Waals surface area (Å²) in [7, 11) is 0. The van der Waals surface area contributed by atoms with Crippen molar-refractivity contribution in [2.45, 2.75) is 80.1 Å². The number of carbonyl (C=O) groups excluding carboxylic acids is 2. The van der Waals surface area contributed by atoms with Gasteiger partial charge < -0.3 is 15.4 Å². The molecule has 0 aliphatic carbocycles. The molecular weight excluding hydrogens is 688 g/mol. The minimum atomic E-state index is -2.98. The quantitative estimate of drug-likeness (QED) is 0.0698. The van der Waals surface area contributed by atoms with Crippen LogP contribution in [-0.4, -0.2) is 23.7 Å². The van der Waals surface area contributed by atoms with Crippen molar-refractivity contribution in [3.63, 3.8) is 0 Å². The van der Waals surface area contributed by atoms with E-state index >= 15 is 0 Å². The average Bonchev–Trinajstić information content (AvgIpc) is 3.23. The predicted molar refractivity (Wildman–Crippen MR) is 193 cm³/mol. The molecule has 0 spiro atoms. The summed E-state index contributed by atoms with van der Waals surface area (Å²) < 4.78 is 80.1. The van der Waals surface area contributed by atoms with Gasteiger partial charge in [-0.1, -0.05) is 51.6 Å². The molecule has 0 aromatic heterocycles. The van der Waals surface area contributed by atoms with Gasteiger partial charge in [0, 0.05) is 55.4 Å². The fourth-order valence-corrected chi connectivity index (χ4v) is 5.30. The molecule has 13 heteroatoms. The molecule has 282 valence electrons. The summed E-state index contributed by atoms with van der Waals surface area (Å²) in [5.74, 6) is -7.05. The topological polar surface area (TPSA) is 107 Å². The second-order valence-electron chi connectivity index (χ2n) is 11.6. The number of anilines is 2. The molecule has 0 radical (unpaired) electrons. The van der Waals surface area contributed by atoms with E-state index in [-0.39, 0.29) is 60.9 Å². The molecule has 1 aliphatic heterocycles. The number of nitrogens with two attached hydrogens (primary N) is 1. The molecule has 1 amide bonds. The maximum Gasteiger partial charge on any atom is 0.275 e. The fraction of sp³-hybridized carbons (Fsp3) is 0.333. The van der Waals surface area contributed by atoms with Gasteiger partial charge in [-0.15, -0.1) is 0 Å². The number of alkyl halides is 4. The monoisotopic (exact) mass is 733 g/mol. The van der Waals surface area contributed by atoms with Gasteiger partial charge in [-0.2, -0.15) is 0 Å². The first-order chi connectivity index (χ1) is 23.8. The minimum absolute atomic E-state index is 0. The van der Waals surface area contributed by atoms with Crippen molar-refractivity contribution in [2.24, 2.45) is 0 Å². The third kappa shape index (κ3) is 12.0. The molecule has 0 atom stereocenters. The number of halogens is 6. The van der Waals surface area contributed by atoms with Crippen LogP contribution in [0.2, 0.25) is 0 Å². The zero-order valence-electron chi connectivity index (χ0n) is 29.2. The van der Waals surface area contributed by atoms with Crippen molar-refractivity contribution in [3.05, 3.63) is 133 Å². The molecule has 0 bridgehead atoms. The van der Waals surface area contributed by atoms with Crippen LogP contribution in [0.1, 0.15) is 74.1 Å². The van der Waals surface area contributed by atoms with E-state index in [0.29, 0.717) is 46.3 Å². The summed E-state index contributed by atoms with van der Waals surface area (Å²) in [5.41, 5.74) is 7.81. The van der Waals surface area contributed by atoms with E-state index in [1.54, 1.807) is 50.2 Å². The maximum atomic E-state index is 14.0. The molecule has 7 nitrogen and oxygen atoms in total.